The first-order valence-electron chi connectivity index (χ1n) is 4.26. The fraction of sp³-hybridized carbons (Fsp3) is 0.400. The molecule has 1 aromatic rings. The summed E-state index contributed by atoms with van der Waals surface area (Å²) in [5, 5.41) is 0.425. The quantitative estimate of drug-likeness (QED) is 0.757. The van der Waals surface area contributed by atoms with Crippen LogP contribution in [0.1, 0.15) is 5.56 Å². The average Bonchev–Trinajstić information content (AvgIpc) is 2.14. The summed E-state index contributed by atoms with van der Waals surface area (Å²) in [5.74, 6) is 0.555. The van der Waals surface area contributed by atoms with Gasteiger partial charge in [-0.25, -0.2) is 4.39 Å². The maximum absolute atomic E-state index is 13.8. The van der Waals surface area contributed by atoms with E-state index in [1.54, 1.807) is 18.2 Å². The van der Waals surface area contributed by atoms with Crippen molar-refractivity contribution in [3.8, 4) is 5.75 Å². The highest BCUT2D eigenvalue weighted by molar-refractivity contribution is 6.32. The Bertz CT molecular complexity index is 350. The average molecular weight is 217 g/mol. The van der Waals surface area contributed by atoms with Gasteiger partial charge in [0.05, 0.1) is 25.3 Å². The molecule has 2 nitrogen and oxygen atoms in total. The second-order valence-electron chi connectivity index (χ2n) is 3.31. The van der Waals surface area contributed by atoms with Gasteiger partial charge in [-0.15, -0.1) is 0 Å². The van der Waals surface area contributed by atoms with Gasteiger partial charge in [0.25, 0.3) is 0 Å². The Morgan fingerprint density at radius 3 is 2.64 bits per heavy atom. The smallest absolute Gasteiger partial charge is 0.182 e. The first-order valence-corrected chi connectivity index (χ1v) is 4.64. The lowest BCUT2D eigenvalue weighted by Gasteiger charge is -2.34. The zero-order valence-corrected chi connectivity index (χ0v) is 8.47. The van der Waals surface area contributed by atoms with Crippen LogP contribution in [-0.4, -0.2) is 20.3 Å². The summed E-state index contributed by atoms with van der Waals surface area (Å²) in [5.41, 5.74) is -0.815. The van der Waals surface area contributed by atoms with Gasteiger partial charge in [-0.3, -0.25) is 0 Å². The number of halogens is 2. The van der Waals surface area contributed by atoms with E-state index < -0.39 is 5.67 Å². The van der Waals surface area contributed by atoms with E-state index >= 15 is 0 Å². The number of alkyl halides is 1. The maximum Gasteiger partial charge on any atom is 0.182 e. The van der Waals surface area contributed by atoms with Gasteiger partial charge in [-0.1, -0.05) is 17.7 Å². The lowest BCUT2D eigenvalue weighted by molar-refractivity contribution is -0.135. The lowest BCUT2D eigenvalue weighted by Crippen LogP contribution is -2.42. The van der Waals surface area contributed by atoms with Gasteiger partial charge in [0.1, 0.15) is 5.75 Å². The standard InChI is InChI=1S/C10H10ClFO2/c1-13-9-3-2-7(4-8(9)11)10(12)5-14-6-10/h2-4H,5-6H2,1H3. The summed E-state index contributed by atoms with van der Waals surface area (Å²) in [6.45, 7) is 0.214. The Morgan fingerprint density at radius 1 is 1.50 bits per heavy atom. The van der Waals surface area contributed by atoms with Crippen molar-refractivity contribution in [2.75, 3.05) is 20.3 Å². The minimum atomic E-state index is -1.37. The molecule has 0 unspecified atom stereocenters. The van der Waals surface area contributed by atoms with E-state index in [0.717, 1.165) is 0 Å². The van der Waals surface area contributed by atoms with E-state index in [1.807, 2.05) is 0 Å². The van der Waals surface area contributed by atoms with E-state index in [2.05, 4.69) is 0 Å². The van der Waals surface area contributed by atoms with Crippen LogP contribution in [0.5, 0.6) is 5.75 Å². The number of rotatable bonds is 2. The van der Waals surface area contributed by atoms with Crippen LogP contribution < -0.4 is 4.74 Å². The molecular weight excluding hydrogens is 207 g/mol. The zero-order chi connectivity index (χ0) is 10.2. The van der Waals surface area contributed by atoms with Gasteiger partial charge in [-0.2, -0.15) is 0 Å². The third-order valence-electron chi connectivity index (χ3n) is 2.33. The van der Waals surface area contributed by atoms with Crippen LogP contribution in [0.25, 0.3) is 0 Å². The topological polar surface area (TPSA) is 18.5 Å². The predicted octanol–water partition coefficient (Wildman–Crippen LogP) is 2.54. The normalized spacial score (nSPS) is 18.8. The van der Waals surface area contributed by atoms with E-state index in [9.17, 15) is 4.39 Å². The Morgan fingerprint density at radius 2 is 2.21 bits per heavy atom. The van der Waals surface area contributed by atoms with Crippen molar-refractivity contribution in [1.82, 2.24) is 0 Å². The van der Waals surface area contributed by atoms with Gasteiger partial charge in [0.15, 0.2) is 5.67 Å². The van der Waals surface area contributed by atoms with Crippen LogP contribution in [0.2, 0.25) is 5.02 Å². The SMILES string of the molecule is COc1ccc(C2(F)COC2)cc1Cl. The number of ether oxygens (including phenoxy) is 2. The summed E-state index contributed by atoms with van der Waals surface area (Å²) in [6.07, 6.45) is 0. The van der Waals surface area contributed by atoms with E-state index in [1.165, 1.54) is 7.11 Å². The third kappa shape index (κ3) is 1.47. The molecule has 1 aliphatic rings. The van der Waals surface area contributed by atoms with Crippen LogP contribution in [-0.2, 0) is 10.4 Å². The molecule has 4 heteroatoms. The highest BCUT2D eigenvalue weighted by Gasteiger charge is 2.40. The Hall–Kier alpha value is -0.800. The molecule has 1 saturated heterocycles. The van der Waals surface area contributed by atoms with Crippen molar-refractivity contribution < 1.29 is 13.9 Å². The fourth-order valence-corrected chi connectivity index (χ4v) is 1.65. The number of hydrogen-bond acceptors (Lipinski definition) is 2. The molecule has 0 saturated carbocycles. The number of benzene rings is 1. The molecule has 1 aromatic carbocycles. The van der Waals surface area contributed by atoms with Crippen LogP contribution in [0.3, 0.4) is 0 Å². The highest BCUT2D eigenvalue weighted by Crippen LogP contribution is 2.37. The Labute approximate surface area is 86.6 Å². The van der Waals surface area contributed by atoms with Crippen molar-refractivity contribution in [3.05, 3.63) is 28.8 Å². The summed E-state index contributed by atoms with van der Waals surface area (Å²) in [7, 11) is 1.53. The van der Waals surface area contributed by atoms with Crippen LogP contribution >= 0.6 is 11.6 Å². The molecule has 0 aliphatic carbocycles. The first-order chi connectivity index (χ1) is 6.65. The van der Waals surface area contributed by atoms with Crippen molar-refractivity contribution in [2.45, 2.75) is 5.67 Å². The summed E-state index contributed by atoms with van der Waals surface area (Å²) in [4.78, 5) is 0. The molecule has 2 rings (SSSR count). The zero-order valence-electron chi connectivity index (χ0n) is 7.72. The van der Waals surface area contributed by atoms with Gasteiger partial charge in [0.2, 0.25) is 0 Å². The molecule has 0 spiro atoms. The van der Waals surface area contributed by atoms with Crippen molar-refractivity contribution in [2.24, 2.45) is 0 Å². The summed E-state index contributed by atoms with van der Waals surface area (Å²) < 4.78 is 23.6. The predicted molar refractivity (Wildman–Crippen MR) is 51.6 cm³/mol. The fourth-order valence-electron chi connectivity index (χ4n) is 1.39. The molecule has 14 heavy (non-hydrogen) atoms. The van der Waals surface area contributed by atoms with E-state index in [-0.39, 0.29) is 13.2 Å². The van der Waals surface area contributed by atoms with Gasteiger partial charge in [0, 0.05) is 0 Å². The Kier molecular flexibility index (Phi) is 2.37. The van der Waals surface area contributed by atoms with Gasteiger partial charge in [-0.05, 0) is 17.7 Å². The maximum atomic E-state index is 13.8. The monoisotopic (exact) mass is 216 g/mol. The molecule has 0 atom stereocenters. The molecule has 76 valence electrons. The minimum Gasteiger partial charge on any atom is -0.495 e. The van der Waals surface area contributed by atoms with E-state index in [0.29, 0.717) is 16.3 Å². The lowest BCUT2D eigenvalue weighted by atomic mass is 9.94. The summed E-state index contributed by atoms with van der Waals surface area (Å²) >= 11 is 5.88. The summed E-state index contributed by atoms with van der Waals surface area (Å²) in [6, 6.07) is 4.92. The number of methoxy groups -OCH3 is 1. The third-order valence-corrected chi connectivity index (χ3v) is 2.63. The number of hydrogen-bond donors (Lipinski definition) is 0. The second-order valence-corrected chi connectivity index (χ2v) is 3.71. The van der Waals surface area contributed by atoms with Crippen LogP contribution in [0.4, 0.5) is 4.39 Å². The molecule has 1 aliphatic heterocycles. The van der Waals surface area contributed by atoms with Gasteiger partial charge < -0.3 is 9.47 Å². The molecular formula is C10H10ClFO2. The molecule has 0 N–H and O–H groups in total. The molecule has 0 amide bonds. The van der Waals surface area contributed by atoms with E-state index in [4.69, 9.17) is 21.1 Å². The largest absolute Gasteiger partial charge is 0.495 e. The van der Waals surface area contributed by atoms with Crippen molar-refractivity contribution in [3.63, 3.8) is 0 Å². The molecule has 1 fully saturated rings. The van der Waals surface area contributed by atoms with Crippen molar-refractivity contribution in [1.29, 1.82) is 0 Å². The first kappa shape index (κ1) is 9.74. The van der Waals surface area contributed by atoms with Crippen LogP contribution in [0.15, 0.2) is 18.2 Å². The van der Waals surface area contributed by atoms with Crippen molar-refractivity contribution >= 4 is 11.6 Å². The van der Waals surface area contributed by atoms with Gasteiger partial charge >= 0.3 is 0 Å². The Balaban J connectivity index is 2.32. The highest BCUT2D eigenvalue weighted by atomic mass is 35.5. The molecule has 1 heterocycles. The minimum absolute atomic E-state index is 0.107. The second kappa shape index (κ2) is 3.41. The molecule has 0 aromatic heterocycles. The molecule has 0 radical (unpaired) electrons. The molecule has 0 bridgehead atoms. The van der Waals surface area contributed by atoms with Crippen LogP contribution in [0, 0.1) is 0 Å².